The van der Waals surface area contributed by atoms with E-state index in [4.69, 9.17) is 0 Å². The van der Waals surface area contributed by atoms with Crippen molar-refractivity contribution in [1.29, 1.82) is 0 Å². The maximum Gasteiger partial charge on any atom is 0.0841 e. The summed E-state index contributed by atoms with van der Waals surface area (Å²) in [6.45, 7) is 4.36. The molecule has 2 heteroatoms. The second-order valence-electron chi connectivity index (χ2n) is 5.44. The Morgan fingerprint density at radius 3 is 2.00 bits per heavy atom. The predicted molar refractivity (Wildman–Crippen MR) is 82.2 cm³/mol. The number of hydrogen-bond donors (Lipinski definition) is 2. The van der Waals surface area contributed by atoms with E-state index in [0.717, 1.165) is 38.5 Å². The zero-order chi connectivity index (χ0) is 14.1. The summed E-state index contributed by atoms with van der Waals surface area (Å²) in [7, 11) is 1.94. The molecular weight excluding hydrogens is 234 g/mol. The van der Waals surface area contributed by atoms with Gasteiger partial charge in [0.05, 0.1) is 11.6 Å². The molecule has 1 rings (SSSR count). The Bertz CT molecular complexity index is 328. The van der Waals surface area contributed by atoms with Gasteiger partial charge in [0.1, 0.15) is 0 Å². The Labute approximate surface area is 118 Å². The highest BCUT2D eigenvalue weighted by Gasteiger charge is 2.35. The number of benzene rings is 1. The van der Waals surface area contributed by atoms with Gasteiger partial charge in [0.25, 0.3) is 0 Å². The number of nitrogens with one attached hydrogen (secondary N) is 1. The minimum absolute atomic E-state index is 0.0202. The first-order valence-electron chi connectivity index (χ1n) is 7.62. The first-order chi connectivity index (χ1) is 9.18. The maximum absolute atomic E-state index is 11.1. The van der Waals surface area contributed by atoms with E-state index in [1.807, 2.05) is 25.2 Å². The van der Waals surface area contributed by atoms with Crippen molar-refractivity contribution in [3.8, 4) is 0 Å². The van der Waals surface area contributed by atoms with E-state index < -0.39 is 5.60 Å². The second-order valence-corrected chi connectivity index (χ2v) is 5.44. The molecule has 0 radical (unpaired) electrons. The van der Waals surface area contributed by atoms with Crippen LogP contribution in [0.3, 0.4) is 0 Å². The van der Waals surface area contributed by atoms with Crippen molar-refractivity contribution in [3.05, 3.63) is 35.9 Å². The SMILES string of the molecule is CCCCC(O)(CCCC)C(NC)c1ccccc1. The molecule has 2 N–H and O–H groups in total. The highest BCUT2D eigenvalue weighted by atomic mass is 16.3. The van der Waals surface area contributed by atoms with Gasteiger partial charge in [-0.1, -0.05) is 69.9 Å². The minimum Gasteiger partial charge on any atom is -0.388 e. The molecule has 0 aliphatic rings. The Balaban J connectivity index is 2.91. The summed E-state index contributed by atoms with van der Waals surface area (Å²) in [5.41, 5.74) is 0.544. The first kappa shape index (κ1) is 16.2. The van der Waals surface area contributed by atoms with Crippen LogP contribution in [0.5, 0.6) is 0 Å². The Hall–Kier alpha value is -0.860. The largest absolute Gasteiger partial charge is 0.388 e. The van der Waals surface area contributed by atoms with Gasteiger partial charge >= 0.3 is 0 Å². The average molecular weight is 263 g/mol. The van der Waals surface area contributed by atoms with Gasteiger partial charge in [-0.25, -0.2) is 0 Å². The fourth-order valence-corrected chi connectivity index (χ4v) is 2.77. The van der Waals surface area contributed by atoms with Crippen LogP contribution >= 0.6 is 0 Å². The van der Waals surface area contributed by atoms with Crippen LogP contribution in [0.4, 0.5) is 0 Å². The molecule has 0 saturated heterocycles. The third-order valence-corrected chi connectivity index (χ3v) is 3.89. The van der Waals surface area contributed by atoms with Crippen LogP contribution < -0.4 is 5.32 Å². The molecule has 1 atom stereocenters. The fourth-order valence-electron chi connectivity index (χ4n) is 2.77. The van der Waals surface area contributed by atoms with Gasteiger partial charge in [0.15, 0.2) is 0 Å². The third kappa shape index (κ3) is 4.63. The fraction of sp³-hybridized carbons (Fsp3) is 0.647. The highest BCUT2D eigenvalue weighted by molar-refractivity contribution is 5.22. The lowest BCUT2D eigenvalue weighted by atomic mass is 9.80. The molecule has 0 saturated carbocycles. The summed E-state index contributed by atoms with van der Waals surface area (Å²) >= 11 is 0. The van der Waals surface area contributed by atoms with E-state index in [1.54, 1.807) is 0 Å². The van der Waals surface area contributed by atoms with E-state index in [9.17, 15) is 5.11 Å². The van der Waals surface area contributed by atoms with Gasteiger partial charge in [0, 0.05) is 0 Å². The first-order valence-corrected chi connectivity index (χ1v) is 7.62. The molecule has 0 amide bonds. The lowest BCUT2D eigenvalue weighted by molar-refractivity contribution is -0.0168. The van der Waals surface area contributed by atoms with Crippen LogP contribution in [0, 0.1) is 0 Å². The molecule has 0 spiro atoms. The molecule has 1 unspecified atom stereocenters. The van der Waals surface area contributed by atoms with Crippen LogP contribution in [-0.2, 0) is 0 Å². The van der Waals surface area contributed by atoms with Gasteiger partial charge in [-0.15, -0.1) is 0 Å². The molecule has 2 nitrogen and oxygen atoms in total. The van der Waals surface area contributed by atoms with Crippen LogP contribution in [0.1, 0.15) is 64.0 Å². The Morgan fingerprint density at radius 1 is 1.05 bits per heavy atom. The van der Waals surface area contributed by atoms with Gasteiger partial charge in [-0.3, -0.25) is 0 Å². The standard InChI is InChI=1S/C17H29NO/c1-4-6-13-17(19,14-7-5-2)16(18-3)15-11-9-8-10-12-15/h8-12,16,18-19H,4-7,13-14H2,1-3H3. The van der Waals surface area contributed by atoms with Gasteiger partial charge in [0.2, 0.25) is 0 Å². The summed E-state index contributed by atoms with van der Waals surface area (Å²) in [4.78, 5) is 0. The van der Waals surface area contributed by atoms with E-state index in [-0.39, 0.29) is 6.04 Å². The maximum atomic E-state index is 11.1. The van der Waals surface area contributed by atoms with Crippen molar-refractivity contribution in [2.45, 2.75) is 64.0 Å². The van der Waals surface area contributed by atoms with Gasteiger partial charge < -0.3 is 10.4 Å². The molecular formula is C17H29NO. The highest BCUT2D eigenvalue weighted by Crippen LogP contribution is 2.34. The number of likely N-dealkylation sites (N-methyl/N-ethyl adjacent to an activating group) is 1. The topological polar surface area (TPSA) is 32.3 Å². The van der Waals surface area contributed by atoms with Crippen molar-refractivity contribution in [2.24, 2.45) is 0 Å². The molecule has 0 fully saturated rings. The lowest BCUT2D eigenvalue weighted by Gasteiger charge is -2.37. The molecule has 108 valence electrons. The summed E-state index contributed by atoms with van der Waals surface area (Å²) in [5.74, 6) is 0. The van der Waals surface area contributed by atoms with Crippen LogP contribution in [0.25, 0.3) is 0 Å². The van der Waals surface area contributed by atoms with E-state index >= 15 is 0 Å². The van der Waals surface area contributed by atoms with Crippen LogP contribution in [-0.4, -0.2) is 17.8 Å². The van der Waals surface area contributed by atoms with Gasteiger partial charge in [-0.05, 0) is 25.5 Å². The predicted octanol–water partition coefficient (Wildman–Crippen LogP) is 4.06. The Kier molecular flexibility index (Phi) is 7.11. The average Bonchev–Trinajstić information content (AvgIpc) is 2.45. The second kappa shape index (κ2) is 8.34. The van der Waals surface area contributed by atoms with Crippen molar-refractivity contribution >= 4 is 0 Å². The lowest BCUT2D eigenvalue weighted by Crippen LogP contribution is -2.43. The van der Waals surface area contributed by atoms with Crippen molar-refractivity contribution < 1.29 is 5.11 Å². The quantitative estimate of drug-likeness (QED) is 0.704. The monoisotopic (exact) mass is 263 g/mol. The zero-order valence-corrected chi connectivity index (χ0v) is 12.7. The third-order valence-electron chi connectivity index (χ3n) is 3.89. The molecule has 1 aromatic carbocycles. The Morgan fingerprint density at radius 2 is 1.58 bits per heavy atom. The summed E-state index contributed by atoms with van der Waals surface area (Å²) < 4.78 is 0. The smallest absolute Gasteiger partial charge is 0.0841 e. The molecule has 0 heterocycles. The van der Waals surface area contributed by atoms with Crippen molar-refractivity contribution in [1.82, 2.24) is 5.32 Å². The van der Waals surface area contributed by atoms with Crippen molar-refractivity contribution in [3.63, 3.8) is 0 Å². The molecule has 0 bridgehead atoms. The molecule has 0 aromatic heterocycles. The van der Waals surface area contributed by atoms with Gasteiger partial charge in [-0.2, -0.15) is 0 Å². The van der Waals surface area contributed by atoms with Crippen LogP contribution in [0.15, 0.2) is 30.3 Å². The van der Waals surface area contributed by atoms with E-state index in [2.05, 4.69) is 31.3 Å². The minimum atomic E-state index is -0.637. The number of aliphatic hydroxyl groups is 1. The van der Waals surface area contributed by atoms with E-state index in [1.165, 1.54) is 5.56 Å². The molecule has 0 aliphatic heterocycles. The summed E-state index contributed by atoms with van der Waals surface area (Å²) in [5, 5.41) is 14.5. The van der Waals surface area contributed by atoms with E-state index in [0.29, 0.717) is 0 Å². The number of rotatable bonds is 9. The van der Waals surface area contributed by atoms with Crippen LogP contribution in [0.2, 0.25) is 0 Å². The zero-order valence-electron chi connectivity index (χ0n) is 12.7. The summed E-state index contributed by atoms with van der Waals surface area (Å²) in [6.07, 6.45) is 6.13. The molecule has 19 heavy (non-hydrogen) atoms. The molecule has 0 aliphatic carbocycles. The number of unbranched alkanes of at least 4 members (excludes halogenated alkanes) is 2. The number of hydrogen-bond acceptors (Lipinski definition) is 2. The summed E-state index contributed by atoms with van der Waals surface area (Å²) in [6, 6.07) is 10.3. The van der Waals surface area contributed by atoms with Crippen molar-refractivity contribution in [2.75, 3.05) is 7.05 Å². The normalized spacial score (nSPS) is 13.5. The molecule has 1 aromatic rings.